The van der Waals surface area contributed by atoms with E-state index in [4.69, 9.17) is 0 Å². The monoisotopic (exact) mass is 342 g/mol. The zero-order chi connectivity index (χ0) is 19.7. The molecule has 0 saturated carbocycles. The van der Waals surface area contributed by atoms with Gasteiger partial charge in [0, 0.05) is 5.92 Å². The molecule has 0 bridgehead atoms. The number of allylic oxidation sites excluding steroid dienone is 1. The summed E-state index contributed by atoms with van der Waals surface area (Å²) in [7, 11) is 0. The van der Waals surface area contributed by atoms with E-state index >= 15 is 0 Å². The van der Waals surface area contributed by atoms with Gasteiger partial charge in [0.25, 0.3) is 0 Å². The molecule has 2 atom stereocenters. The molecule has 0 fully saturated rings. The number of aliphatic hydroxyl groups is 2. The highest BCUT2D eigenvalue weighted by molar-refractivity contribution is 6.25. The summed E-state index contributed by atoms with van der Waals surface area (Å²) >= 11 is 0. The molecule has 2 N–H and O–H groups in total. The lowest BCUT2D eigenvalue weighted by atomic mass is 9.95. The molecular weight excluding hydrogens is 308 g/mol. The Kier molecular flexibility index (Phi) is 11.5. The highest BCUT2D eigenvalue weighted by Crippen LogP contribution is 2.34. The van der Waals surface area contributed by atoms with Crippen LogP contribution >= 0.6 is 0 Å². The first-order valence-electron chi connectivity index (χ1n) is 8.77. The molecule has 0 aliphatic heterocycles. The van der Waals surface area contributed by atoms with E-state index < -0.39 is 46.6 Å². The lowest BCUT2D eigenvalue weighted by Crippen LogP contribution is -2.37. The molecule has 2 unspecified atom stereocenters. The summed E-state index contributed by atoms with van der Waals surface area (Å²) in [6.07, 6.45) is 1.27. The van der Waals surface area contributed by atoms with Crippen molar-refractivity contribution in [3.8, 4) is 0 Å². The number of hydrogen-bond acceptors (Lipinski definition) is 5. The van der Waals surface area contributed by atoms with E-state index in [1.165, 1.54) is 6.42 Å². The first-order valence-corrected chi connectivity index (χ1v) is 8.77. The van der Waals surface area contributed by atoms with Gasteiger partial charge in [-0.15, -0.1) is 0 Å². The molecular formula is C19H34O5. The first kappa shape index (κ1) is 24.8. The number of aliphatic hydroxyl groups excluding tert-OH is 1. The third-order valence-electron chi connectivity index (χ3n) is 4.03. The number of ketones is 3. The predicted molar refractivity (Wildman–Crippen MR) is 95.8 cm³/mol. The van der Waals surface area contributed by atoms with Crippen LogP contribution in [0.3, 0.4) is 0 Å². The van der Waals surface area contributed by atoms with Crippen molar-refractivity contribution in [2.24, 2.45) is 11.8 Å². The fraction of sp³-hybridized carbons (Fsp3) is 0.737. The first-order chi connectivity index (χ1) is 11.0. The molecule has 0 aromatic heterocycles. The lowest BCUT2D eigenvalue weighted by molar-refractivity contribution is -0.136. The van der Waals surface area contributed by atoms with Gasteiger partial charge >= 0.3 is 0 Å². The highest BCUT2D eigenvalue weighted by atomic mass is 16.3. The molecule has 5 nitrogen and oxygen atoms in total. The minimum atomic E-state index is -2.21. The fourth-order valence-corrected chi connectivity index (χ4v) is 1.72. The molecule has 0 aromatic rings. The second-order valence-electron chi connectivity index (χ2n) is 6.22. The smallest absolute Gasteiger partial charge is 0.187 e. The van der Waals surface area contributed by atoms with Crippen molar-refractivity contribution in [3.63, 3.8) is 0 Å². The predicted octanol–water partition coefficient (Wildman–Crippen LogP) is 3.79. The fourth-order valence-electron chi connectivity index (χ4n) is 1.72. The van der Waals surface area contributed by atoms with E-state index in [1.807, 2.05) is 13.8 Å². The van der Waals surface area contributed by atoms with E-state index in [-0.39, 0.29) is 0 Å². The normalized spacial score (nSPS) is 20.8. The zero-order valence-corrected chi connectivity index (χ0v) is 16.4. The Hall–Kier alpha value is -1.49. The third kappa shape index (κ3) is 6.19. The second-order valence-corrected chi connectivity index (χ2v) is 6.22. The van der Waals surface area contributed by atoms with Gasteiger partial charge in [-0.2, -0.15) is 0 Å². The van der Waals surface area contributed by atoms with Crippen LogP contribution in [0.25, 0.3) is 0 Å². The van der Waals surface area contributed by atoms with Gasteiger partial charge < -0.3 is 10.2 Å². The van der Waals surface area contributed by atoms with Crippen molar-refractivity contribution in [2.75, 3.05) is 0 Å². The van der Waals surface area contributed by atoms with E-state index in [9.17, 15) is 24.6 Å². The van der Waals surface area contributed by atoms with Crippen molar-refractivity contribution in [1.29, 1.82) is 0 Å². The Labute approximate surface area is 146 Å². The van der Waals surface area contributed by atoms with Gasteiger partial charge in [-0.05, 0) is 19.3 Å². The van der Waals surface area contributed by atoms with Crippen molar-refractivity contribution < 1.29 is 24.6 Å². The summed E-state index contributed by atoms with van der Waals surface area (Å²) in [5.41, 5.74) is -2.63. The van der Waals surface area contributed by atoms with Gasteiger partial charge in [0.1, 0.15) is 11.3 Å². The molecule has 1 rings (SSSR count). The number of rotatable bonds is 5. The van der Waals surface area contributed by atoms with Gasteiger partial charge in [0.15, 0.2) is 23.0 Å². The minimum Gasteiger partial charge on any atom is -0.508 e. The standard InChI is InChI=1S/C12H16O5.C5H12.C2H6/c1-4-6(2)10(15)9-8(14)5-12(17,7(3)13)11(9)16;1-4-5(2)3;1-2/h6,16-17H,4-5H2,1-3H3;5H,4H2,1-3H3;1-2H3. The zero-order valence-electron chi connectivity index (χ0n) is 16.4. The van der Waals surface area contributed by atoms with E-state index in [0.717, 1.165) is 12.8 Å². The van der Waals surface area contributed by atoms with E-state index in [0.29, 0.717) is 6.42 Å². The molecule has 0 radical (unpaired) electrons. The molecule has 1 aliphatic rings. The summed E-state index contributed by atoms with van der Waals surface area (Å²) in [5, 5.41) is 19.6. The van der Waals surface area contributed by atoms with Crippen LogP contribution in [-0.4, -0.2) is 33.2 Å². The molecule has 1 aliphatic carbocycles. The molecule has 140 valence electrons. The average molecular weight is 342 g/mol. The van der Waals surface area contributed by atoms with Gasteiger partial charge in [0.2, 0.25) is 0 Å². The summed E-state index contributed by atoms with van der Waals surface area (Å²) in [6, 6.07) is 0. The summed E-state index contributed by atoms with van der Waals surface area (Å²) in [5.74, 6) is -2.27. The molecule has 0 saturated heterocycles. The number of carbonyl (C=O) groups excluding carboxylic acids is 3. The molecule has 5 heteroatoms. The molecule has 24 heavy (non-hydrogen) atoms. The lowest BCUT2D eigenvalue weighted by Gasteiger charge is -2.17. The van der Waals surface area contributed by atoms with Crippen molar-refractivity contribution in [1.82, 2.24) is 0 Å². The van der Waals surface area contributed by atoms with Gasteiger partial charge in [-0.3, -0.25) is 14.4 Å². The van der Waals surface area contributed by atoms with Gasteiger partial charge in [-0.25, -0.2) is 0 Å². The molecule has 0 heterocycles. The molecule has 0 aromatic carbocycles. The van der Waals surface area contributed by atoms with Crippen LogP contribution in [-0.2, 0) is 14.4 Å². The maximum absolute atomic E-state index is 11.8. The van der Waals surface area contributed by atoms with Crippen molar-refractivity contribution >= 4 is 17.3 Å². The number of hydrogen-bond donors (Lipinski definition) is 2. The maximum atomic E-state index is 11.8. The number of Topliss-reactive ketones (excluding diaryl/α,β-unsaturated/α-hetero) is 3. The van der Waals surface area contributed by atoms with Crippen LogP contribution in [0.5, 0.6) is 0 Å². The van der Waals surface area contributed by atoms with Gasteiger partial charge in [0.05, 0.1) is 6.42 Å². The average Bonchev–Trinajstić information content (AvgIpc) is 2.78. The van der Waals surface area contributed by atoms with E-state index in [1.54, 1.807) is 13.8 Å². The summed E-state index contributed by atoms with van der Waals surface area (Å²) in [4.78, 5) is 34.7. The van der Waals surface area contributed by atoms with Crippen LogP contribution in [0, 0.1) is 11.8 Å². The quantitative estimate of drug-likeness (QED) is 0.742. The third-order valence-corrected chi connectivity index (χ3v) is 4.03. The van der Waals surface area contributed by atoms with Crippen LogP contribution in [0.4, 0.5) is 0 Å². The molecule has 0 amide bonds. The second kappa shape index (κ2) is 11.1. The Morgan fingerprint density at radius 1 is 1.12 bits per heavy atom. The Bertz CT molecular complexity index is 476. The molecule has 0 spiro atoms. The largest absolute Gasteiger partial charge is 0.508 e. The Balaban J connectivity index is 0. The summed E-state index contributed by atoms with van der Waals surface area (Å²) < 4.78 is 0. The van der Waals surface area contributed by atoms with Crippen molar-refractivity contribution in [2.45, 2.75) is 80.3 Å². The SMILES string of the molecule is CC.CCC(C)C.CCC(C)C(=O)C1=C(O)C(O)(C(C)=O)CC1=O. The summed E-state index contributed by atoms with van der Waals surface area (Å²) in [6.45, 7) is 15.1. The van der Waals surface area contributed by atoms with Crippen LogP contribution < -0.4 is 0 Å². The van der Waals surface area contributed by atoms with Crippen molar-refractivity contribution in [3.05, 3.63) is 11.3 Å². The van der Waals surface area contributed by atoms with Crippen LogP contribution in [0.15, 0.2) is 11.3 Å². The topological polar surface area (TPSA) is 91.7 Å². The number of carbonyl (C=O) groups is 3. The van der Waals surface area contributed by atoms with Crippen LogP contribution in [0.1, 0.15) is 74.7 Å². The Morgan fingerprint density at radius 3 is 1.79 bits per heavy atom. The van der Waals surface area contributed by atoms with Gasteiger partial charge in [-0.1, -0.05) is 54.9 Å². The van der Waals surface area contributed by atoms with Crippen LogP contribution in [0.2, 0.25) is 0 Å². The Morgan fingerprint density at radius 2 is 1.54 bits per heavy atom. The van der Waals surface area contributed by atoms with E-state index in [2.05, 4.69) is 20.8 Å². The minimum absolute atomic E-state index is 0.419. The highest BCUT2D eigenvalue weighted by Gasteiger charge is 2.50. The maximum Gasteiger partial charge on any atom is 0.187 e.